The average molecular weight is 424 g/mol. The van der Waals surface area contributed by atoms with Gasteiger partial charge in [0.25, 0.3) is 0 Å². The molecule has 0 radical (unpaired) electrons. The zero-order chi connectivity index (χ0) is 21.3. The molecule has 156 valence electrons. The highest BCUT2D eigenvalue weighted by atomic mass is 32.2. The molecule has 1 aliphatic heterocycles. The van der Waals surface area contributed by atoms with Crippen LogP contribution >= 0.6 is 11.8 Å². The predicted octanol–water partition coefficient (Wildman–Crippen LogP) is 2.43. The van der Waals surface area contributed by atoms with E-state index in [1.54, 1.807) is 11.8 Å². The summed E-state index contributed by atoms with van der Waals surface area (Å²) in [5, 5.41) is 23.4. The van der Waals surface area contributed by atoms with Gasteiger partial charge < -0.3 is 15.0 Å². The van der Waals surface area contributed by atoms with E-state index >= 15 is 0 Å². The molecule has 0 saturated carbocycles. The zero-order valence-corrected chi connectivity index (χ0v) is 18.6. The molecule has 8 heteroatoms. The van der Waals surface area contributed by atoms with Crippen molar-refractivity contribution in [3.05, 3.63) is 47.0 Å². The van der Waals surface area contributed by atoms with Gasteiger partial charge in [-0.3, -0.25) is 4.40 Å². The van der Waals surface area contributed by atoms with Crippen LogP contribution in [-0.2, 0) is 17.8 Å². The summed E-state index contributed by atoms with van der Waals surface area (Å²) in [4.78, 5) is 1.38. The number of nitrogens with one attached hydrogen (secondary N) is 2. The van der Waals surface area contributed by atoms with E-state index in [0.29, 0.717) is 18.6 Å². The molecular weight excluding hydrogens is 396 g/mol. The molecular formula is C22H27N6OS+. The average Bonchev–Trinajstić information content (AvgIpc) is 3.12. The molecule has 2 aromatic heterocycles. The van der Waals surface area contributed by atoms with E-state index in [4.69, 9.17) is 4.74 Å². The van der Waals surface area contributed by atoms with Crippen molar-refractivity contribution < 1.29 is 9.64 Å². The summed E-state index contributed by atoms with van der Waals surface area (Å²) in [6.07, 6.45) is 0.657. The Balaban J connectivity index is 1.90. The zero-order valence-electron chi connectivity index (χ0n) is 17.8. The Morgan fingerprint density at radius 1 is 1.23 bits per heavy atom. The van der Waals surface area contributed by atoms with E-state index in [2.05, 4.69) is 49.5 Å². The molecule has 0 saturated heterocycles. The summed E-state index contributed by atoms with van der Waals surface area (Å²) in [6.45, 7) is 5.55. The van der Waals surface area contributed by atoms with Crippen molar-refractivity contribution in [3.63, 3.8) is 0 Å². The minimum absolute atomic E-state index is 0.326. The lowest BCUT2D eigenvalue weighted by atomic mass is 9.89. The van der Waals surface area contributed by atoms with Gasteiger partial charge in [-0.1, -0.05) is 30.0 Å². The van der Waals surface area contributed by atoms with E-state index < -0.39 is 0 Å². The number of aromatic nitrogens is 3. The van der Waals surface area contributed by atoms with Gasteiger partial charge >= 0.3 is 0 Å². The van der Waals surface area contributed by atoms with Gasteiger partial charge in [-0.15, -0.1) is 10.2 Å². The van der Waals surface area contributed by atoms with Gasteiger partial charge in [0.1, 0.15) is 11.9 Å². The van der Waals surface area contributed by atoms with Crippen LogP contribution in [0, 0.1) is 11.3 Å². The fourth-order valence-corrected chi connectivity index (χ4v) is 4.73. The van der Waals surface area contributed by atoms with E-state index in [-0.39, 0.29) is 5.60 Å². The first-order chi connectivity index (χ1) is 14.4. The lowest BCUT2D eigenvalue weighted by molar-refractivity contribution is -0.855. The Morgan fingerprint density at radius 3 is 2.70 bits per heavy atom. The number of hydrogen-bond donors (Lipinski definition) is 2. The molecule has 0 bridgehead atoms. The molecule has 1 aliphatic rings. The normalized spacial score (nSPS) is 15.2. The number of para-hydroxylation sites is 1. The third kappa shape index (κ3) is 4.01. The number of thioether (sulfide) groups is 1. The topological polar surface area (TPSA) is 79.7 Å². The Morgan fingerprint density at radius 2 is 2.00 bits per heavy atom. The molecule has 3 heterocycles. The molecule has 0 atom stereocenters. The number of nitriles is 1. The second kappa shape index (κ2) is 8.26. The van der Waals surface area contributed by atoms with Gasteiger partial charge in [0, 0.05) is 17.7 Å². The monoisotopic (exact) mass is 423 g/mol. The summed E-state index contributed by atoms with van der Waals surface area (Å²) in [5.74, 6) is 1.64. The first-order valence-corrected chi connectivity index (χ1v) is 11.1. The van der Waals surface area contributed by atoms with Crippen LogP contribution in [0.4, 0.5) is 11.5 Å². The number of ether oxygens (including phenoxy) is 1. The number of quaternary nitrogens is 1. The smallest absolute Gasteiger partial charge is 0.197 e. The third-order valence-corrected chi connectivity index (χ3v) is 6.15. The quantitative estimate of drug-likeness (QED) is 0.593. The van der Waals surface area contributed by atoms with E-state index in [9.17, 15) is 5.26 Å². The van der Waals surface area contributed by atoms with Gasteiger partial charge in [-0.05, 0) is 31.5 Å². The van der Waals surface area contributed by atoms with Crippen molar-refractivity contribution in [2.45, 2.75) is 37.6 Å². The molecule has 1 aromatic carbocycles. The molecule has 4 rings (SSSR count). The largest absolute Gasteiger partial charge is 0.370 e. The highest BCUT2D eigenvalue weighted by molar-refractivity contribution is 7.99. The highest BCUT2D eigenvalue weighted by Gasteiger charge is 2.33. The lowest BCUT2D eigenvalue weighted by Gasteiger charge is -2.33. The van der Waals surface area contributed by atoms with Crippen LogP contribution in [0.2, 0.25) is 0 Å². The molecule has 3 aromatic rings. The SMILES string of the molecule is C[NH+](C)CCSc1nnc2c3c(c(C#N)c(Nc4ccccc4)n12)CC(C)(C)OC3. The fraction of sp³-hybridized carbons (Fsp3) is 0.409. The number of anilines is 2. The van der Waals surface area contributed by atoms with Gasteiger partial charge in [0.05, 0.1) is 44.2 Å². The molecule has 0 aliphatic carbocycles. The van der Waals surface area contributed by atoms with Gasteiger partial charge in [-0.2, -0.15) is 5.26 Å². The molecule has 7 nitrogen and oxygen atoms in total. The van der Waals surface area contributed by atoms with Crippen molar-refractivity contribution >= 4 is 28.9 Å². The standard InChI is InChI=1S/C22H26N6OS/c1-22(2)12-16-17(13-23)19(24-15-8-6-5-7-9-15)28-20(18(16)14-29-22)25-26-21(28)30-11-10-27(3)4/h5-9,24H,10-12,14H2,1-4H3/p+1. The Bertz CT molecular complexity index is 1100. The molecule has 0 fully saturated rings. The number of nitrogens with zero attached hydrogens (tertiary/aromatic N) is 4. The van der Waals surface area contributed by atoms with Crippen LogP contribution in [0.3, 0.4) is 0 Å². The highest BCUT2D eigenvalue weighted by Crippen LogP contribution is 2.38. The predicted molar refractivity (Wildman–Crippen MR) is 118 cm³/mol. The molecule has 2 N–H and O–H groups in total. The fourth-order valence-electron chi connectivity index (χ4n) is 3.64. The van der Waals surface area contributed by atoms with Crippen LogP contribution in [0.1, 0.15) is 30.5 Å². The van der Waals surface area contributed by atoms with Crippen molar-refractivity contribution in [1.82, 2.24) is 14.6 Å². The second-order valence-electron chi connectivity index (χ2n) is 8.46. The Labute approximate surface area is 181 Å². The molecule has 30 heavy (non-hydrogen) atoms. The Kier molecular flexibility index (Phi) is 5.69. The number of pyridine rings is 1. The first-order valence-electron chi connectivity index (χ1n) is 10.1. The molecule has 0 unspecified atom stereocenters. The van der Waals surface area contributed by atoms with Crippen LogP contribution in [0.15, 0.2) is 35.5 Å². The summed E-state index contributed by atoms with van der Waals surface area (Å²) in [6, 6.07) is 12.4. The lowest BCUT2D eigenvalue weighted by Crippen LogP contribution is -3.06. The summed E-state index contributed by atoms with van der Waals surface area (Å²) < 4.78 is 8.05. The Hall–Kier alpha value is -2.60. The van der Waals surface area contributed by atoms with Gasteiger partial charge in [-0.25, -0.2) is 0 Å². The minimum atomic E-state index is -0.326. The number of hydrogen-bond acceptors (Lipinski definition) is 6. The number of rotatable bonds is 6. The maximum atomic E-state index is 10.2. The molecule has 0 amide bonds. The van der Waals surface area contributed by atoms with Gasteiger partial charge in [0.2, 0.25) is 0 Å². The van der Waals surface area contributed by atoms with Crippen LogP contribution in [-0.4, -0.2) is 46.6 Å². The van der Waals surface area contributed by atoms with E-state index in [1.807, 2.05) is 34.7 Å². The summed E-state index contributed by atoms with van der Waals surface area (Å²) in [5.41, 5.74) is 3.95. The van der Waals surface area contributed by atoms with Crippen LogP contribution in [0.5, 0.6) is 0 Å². The molecule has 0 spiro atoms. The van der Waals surface area contributed by atoms with E-state index in [1.165, 1.54) is 4.90 Å². The maximum Gasteiger partial charge on any atom is 0.197 e. The summed E-state index contributed by atoms with van der Waals surface area (Å²) >= 11 is 1.66. The van der Waals surface area contributed by atoms with Gasteiger partial charge in [0.15, 0.2) is 10.8 Å². The number of benzene rings is 1. The van der Waals surface area contributed by atoms with Crippen molar-refractivity contribution in [3.8, 4) is 6.07 Å². The van der Waals surface area contributed by atoms with Crippen molar-refractivity contribution in [1.29, 1.82) is 5.26 Å². The van der Waals surface area contributed by atoms with Crippen LogP contribution < -0.4 is 10.2 Å². The van der Waals surface area contributed by atoms with Crippen molar-refractivity contribution in [2.75, 3.05) is 31.7 Å². The minimum Gasteiger partial charge on any atom is -0.370 e. The third-order valence-electron chi connectivity index (χ3n) is 5.22. The van der Waals surface area contributed by atoms with Crippen LogP contribution in [0.25, 0.3) is 5.65 Å². The van der Waals surface area contributed by atoms with Crippen molar-refractivity contribution in [2.24, 2.45) is 0 Å². The maximum absolute atomic E-state index is 10.2. The first kappa shape index (κ1) is 20.7. The second-order valence-corrected chi connectivity index (χ2v) is 9.52. The summed E-state index contributed by atoms with van der Waals surface area (Å²) in [7, 11) is 4.27. The number of fused-ring (bicyclic) bond motifs is 3. The van der Waals surface area contributed by atoms with E-state index in [0.717, 1.165) is 45.7 Å².